The van der Waals surface area contributed by atoms with Gasteiger partial charge in [0.15, 0.2) is 0 Å². The van der Waals surface area contributed by atoms with Crippen molar-refractivity contribution in [3.05, 3.63) is 29.3 Å². The number of carbonyl (C=O) groups is 3. The molecular weight excluding hydrogens is 528 g/mol. The lowest BCUT2D eigenvalue weighted by Gasteiger charge is -2.54. The van der Waals surface area contributed by atoms with Crippen LogP contribution in [0.1, 0.15) is 57.8 Å². The molecule has 3 N–H and O–H groups in total. The number of nitriles is 1. The van der Waals surface area contributed by atoms with Crippen LogP contribution in [0.25, 0.3) is 0 Å². The number of alkyl halides is 2. The summed E-state index contributed by atoms with van der Waals surface area (Å²) in [5.41, 5.74) is 0.644. The largest absolute Gasteiger partial charge is 0.374 e. The zero-order valence-corrected chi connectivity index (χ0v) is 22.4. The van der Waals surface area contributed by atoms with Gasteiger partial charge in [-0.3, -0.25) is 14.4 Å². The van der Waals surface area contributed by atoms with Crippen molar-refractivity contribution >= 4 is 35.0 Å². The zero-order valence-electron chi connectivity index (χ0n) is 21.7. The van der Waals surface area contributed by atoms with E-state index in [9.17, 15) is 19.6 Å². The Kier molecular flexibility index (Phi) is 7.99. The summed E-state index contributed by atoms with van der Waals surface area (Å²) in [6, 6.07) is 5.10. The Morgan fingerprint density at radius 1 is 1.21 bits per heavy atom. The number of benzene rings is 1. The molecule has 6 rings (SSSR count). The highest BCUT2D eigenvalue weighted by Gasteiger charge is 2.61. The molecule has 1 aromatic carbocycles. The number of halogens is 3. The first-order valence-corrected chi connectivity index (χ1v) is 14.2. The predicted molar refractivity (Wildman–Crippen MR) is 141 cm³/mol. The number of rotatable bonds is 9. The Bertz CT molecular complexity index is 1160. The van der Waals surface area contributed by atoms with E-state index in [2.05, 4.69) is 16.0 Å². The second-order valence-electron chi connectivity index (χ2n) is 11.4. The van der Waals surface area contributed by atoms with Gasteiger partial charge in [-0.15, -0.1) is 0 Å². The van der Waals surface area contributed by atoms with Crippen molar-refractivity contribution in [1.29, 1.82) is 5.26 Å². The van der Waals surface area contributed by atoms with Crippen molar-refractivity contribution in [3.8, 4) is 6.07 Å². The molecule has 11 heteroatoms. The second kappa shape index (κ2) is 11.3. The fraction of sp³-hybridized carbons (Fsp3) is 0.643. The molecule has 2 aliphatic carbocycles. The molecule has 5 aliphatic rings. The molecule has 39 heavy (non-hydrogen) atoms. The summed E-state index contributed by atoms with van der Waals surface area (Å²) in [5, 5.41) is 18.9. The maximum absolute atomic E-state index is 15.1. The minimum absolute atomic E-state index is 0.0971. The van der Waals surface area contributed by atoms with E-state index in [0.29, 0.717) is 42.4 Å². The van der Waals surface area contributed by atoms with E-state index in [-0.39, 0.29) is 24.7 Å². The summed E-state index contributed by atoms with van der Waals surface area (Å²) in [7, 11) is 0. The maximum Gasteiger partial charge on any atom is 0.255 e. The topological polar surface area (TPSA) is 114 Å². The number of nitrogens with zero attached hydrogens (tertiary/aromatic N) is 2. The van der Waals surface area contributed by atoms with Gasteiger partial charge in [0.2, 0.25) is 17.7 Å². The highest BCUT2D eigenvalue weighted by atomic mass is 35.5. The lowest BCUT2D eigenvalue weighted by Crippen LogP contribution is -2.70. The van der Waals surface area contributed by atoms with Crippen molar-refractivity contribution in [1.82, 2.24) is 15.5 Å². The van der Waals surface area contributed by atoms with E-state index in [1.54, 1.807) is 24.3 Å². The Morgan fingerprint density at radius 2 is 2.00 bits per heavy atom. The molecule has 3 heterocycles. The highest BCUT2D eigenvalue weighted by Crippen LogP contribution is 2.49. The third-order valence-electron chi connectivity index (χ3n) is 8.58. The van der Waals surface area contributed by atoms with E-state index in [1.165, 1.54) is 4.90 Å². The third kappa shape index (κ3) is 6.13. The molecule has 8 nitrogen and oxygen atoms in total. The molecule has 2 saturated carbocycles. The monoisotopic (exact) mass is 561 g/mol. The average molecular weight is 562 g/mol. The molecular formula is C28H34ClF2N5O3. The van der Waals surface area contributed by atoms with Crippen LogP contribution in [0.4, 0.5) is 14.5 Å². The smallest absolute Gasteiger partial charge is 0.255 e. The Labute approximate surface area is 231 Å². The Hall–Kier alpha value is -2.93. The summed E-state index contributed by atoms with van der Waals surface area (Å²) in [5.74, 6) is -5.83. The number of fused-ring (bicyclic) bond motifs is 3. The number of hydrogen-bond donors (Lipinski definition) is 3. The van der Waals surface area contributed by atoms with Crippen molar-refractivity contribution < 1.29 is 23.2 Å². The average Bonchev–Trinajstić information content (AvgIpc) is 3.72. The molecule has 3 aliphatic heterocycles. The SMILES string of the molecule is N#C[C@H](C[C@@H]1CCCNC1=O)NC(=O)[C@@H]1[C@@H]2CC[C@@H](CC2(F)F)N1C(=O)[C@@H](CC1CC1)Nc1cccc(Cl)c1. The molecule has 3 amide bonds. The molecule has 0 radical (unpaired) electrons. The highest BCUT2D eigenvalue weighted by molar-refractivity contribution is 6.30. The minimum atomic E-state index is -3.10. The van der Waals surface area contributed by atoms with Gasteiger partial charge in [-0.25, -0.2) is 8.78 Å². The molecule has 2 bridgehead atoms. The van der Waals surface area contributed by atoms with Gasteiger partial charge in [-0.2, -0.15) is 5.26 Å². The minimum Gasteiger partial charge on any atom is -0.374 e. The first kappa shape index (κ1) is 27.6. The van der Waals surface area contributed by atoms with Crippen molar-refractivity contribution in [3.63, 3.8) is 0 Å². The quantitative estimate of drug-likeness (QED) is 0.424. The number of anilines is 1. The number of nitrogens with one attached hydrogen (secondary N) is 3. The molecule has 5 fully saturated rings. The molecule has 0 aromatic heterocycles. The van der Waals surface area contributed by atoms with Gasteiger partial charge in [0.1, 0.15) is 18.1 Å². The van der Waals surface area contributed by atoms with Crippen LogP contribution in [0.3, 0.4) is 0 Å². The second-order valence-corrected chi connectivity index (χ2v) is 11.9. The van der Waals surface area contributed by atoms with Crippen LogP contribution < -0.4 is 16.0 Å². The van der Waals surface area contributed by atoms with Crippen LogP contribution in [0, 0.1) is 29.1 Å². The first-order chi connectivity index (χ1) is 18.7. The van der Waals surface area contributed by atoms with Crippen LogP contribution in [-0.4, -0.2) is 59.3 Å². The van der Waals surface area contributed by atoms with Crippen LogP contribution in [0.2, 0.25) is 5.02 Å². The van der Waals surface area contributed by atoms with Gasteiger partial charge in [0, 0.05) is 35.6 Å². The summed E-state index contributed by atoms with van der Waals surface area (Å²) in [6.45, 7) is 0.571. The fourth-order valence-electron chi connectivity index (χ4n) is 6.44. The molecule has 210 valence electrons. The van der Waals surface area contributed by atoms with Crippen molar-refractivity contribution in [2.24, 2.45) is 17.8 Å². The van der Waals surface area contributed by atoms with Gasteiger partial charge in [0.25, 0.3) is 5.92 Å². The van der Waals surface area contributed by atoms with Crippen LogP contribution in [0.15, 0.2) is 24.3 Å². The number of piperidine rings is 3. The maximum atomic E-state index is 15.1. The fourth-order valence-corrected chi connectivity index (χ4v) is 6.63. The normalized spacial score (nSPS) is 29.1. The molecule has 1 aromatic rings. The van der Waals surface area contributed by atoms with Crippen LogP contribution in [0.5, 0.6) is 0 Å². The van der Waals surface area contributed by atoms with Crippen LogP contribution >= 0.6 is 11.6 Å². The van der Waals surface area contributed by atoms with Gasteiger partial charge in [0.05, 0.1) is 12.0 Å². The summed E-state index contributed by atoms with van der Waals surface area (Å²) >= 11 is 6.14. The lowest BCUT2D eigenvalue weighted by atomic mass is 9.71. The van der Waals surface area contributed by atoms with E-state index in [1.807, 2.05) is 6.07 Å². The van der Waals surface area contributed by atoms with Crippen LogP contribution in [-0.2, 0) is 14.4 Å². The Morgan fingerprint density at radius 3 is 2.67 bits per heavy atom. The van der Waals surface area contributed by atoms with Crippen molar-refractivity contribution in [2.45, 2.75) is 87.9 Å². The van der Waals surface area contributed by atoms with Gasteiger partial charge in [-0.05, 0) is 62.6 Å². The summed E-state index contributed by atoms with van der Waals surface area (Å²) in [4.78, 5) is 41.3. The van der Waals surface area contributed by atoms with Gasteiger partial charge >= 0.3 is 0 Å². The number of amides is 3. The number of hydrogen-bond acceptors (Lipinski definition) is 5. The van der Waals surface area contributed by atoms with E-state index >= 15 is 8.78 Å². The molecule has 3 saturated heterocycles. The third-order valence-corrected chi connectivity index (χ3v) is 8.82. The van der Waals surface area contributed by atoms with Crippen molar-refractivity contribution in [2.75, 3.05) is 11.9 Å². The van der Waals surface area contributed by atoms with E-state index in [0.717, 1.165) is 19.3 Å². The molecule has 6 atom stereocenters. The van der Waals surface area contributed by atoms with E-state index < -0.39 is 54.3 Å². The first-order valence-electron chi connectivity index (χ1n) is 13.9. The molecule has 0 spiro atoms. The predicted octanol–water partition coefficient (Wildman–Crippen LogP) is 3.86. The van der Waals surface area contributed by atoms with Gasteiger partial charge < -0.3 is 20.9 Å². The van der Waals surface area contributed by atoms with E-state index in [4.69, 9.17) is 11.6 Å². The number of carbonyl (C=O) groups excluding carboxylic acids is 3. The summed E-state index contributed by atoms with van der Waals surface area (Å²) < 4.78 is 30.3. The Balaban J connectivity index is 1.38. The van der Waals surface area contributed by atoms with Gasteiger partial charge in [-0.1, -0.05) is 30.5 Å². The standard InChI is InChI=1S/C28H34ClF2N5O3/c29-18-4-1-5-19(13-18)34-23(11-16-6-7-16)27(39)36-21-8-9-22(28(30,31)14-21)24(36)26(38)35-20(15-32)12-17-3-2-10-33-25(17)37/h1,4-5,13,16-17,20-24,34H,2-3,6-12,14H2,(H,33,37)(H,35,38)/t17-,20-,21-,22-,23+,24-/m0/s1. The molecule has 0 unspecified atom stereocenters. The zero-order chi connectivity index (χ0) is 27.7. The summed E-state index contributed by atoms with van der Waals surface area (Å²) in [6.07, 6.45) is 4.01. The lowest BCUT2D eigenvalue weighted by molar-refractivity contribution is -0.194.